The third-order valence-corrected chi connectivity index (χ3v) is 3.60. The lowest BCUT2D eigenvalue weighted by Gasteiger charge is -2.21. The fourth-order valence-electron chi connectivity index (χ4n) is 2.44. The summed E-state index contributed by atoms with van der Waals surface area (Å²) < 4.78 is 15.7. The molecule has 5 nitrogen and oxygen atoms in total. The van der Waals surface area contributed by atoms with E-state index in [2.05, 4.69) is 5.32 Å². The van der Waals surface area contributed by atoms with Gasteiger partial charge in [-0.15, -0.1) is 0 Å². The zero-order valence-corrected chi connectivity index (χ0v) is 14.2. The molecule has 0 radical (unpaired) electrons. The normalized spacial score (nSPS) is 11.5. The fourth-order valence-corrected chi connectivity index (χ4v) is 2.44. The smallest absolute Gasteiger partial charge is 0.308 e. The van der Waals surface area contributed by atoms with Crippen molar-refractivity contribution < 1.29 is 19.0 Å². The largest absolute Gasteiger partial charge is 0.493 e. The van der Waals surface area contributed by atoms with Crippen molar-refractivity contribution in [2.24, 2.45) is 0 Å². The molecule has 0 spiro atoms. The predicted molar refractivity (Wildman–Crippen MR) is 93.6 cm³/mol. The van der Waals surface area contributed by atoms with Gasteiger partial charge in [-0.1, -0.05) is 24.3 Å². The Morgan fingerprint density at radius 1 is 1.04 bits per heavy atom. The van der Waals surface area contributed by atoms with Gasteiger partial charge in [0.15, 0.2) is 11.5 Å². The summed E-state index contributed by atoms with van der Waals surface area (Å²) in [6.07, 6.45) is 0.220. The lowest BCUT2D eigenvalue weighted by Crippen LogP contribution is -2.17. The molecule has 2 aromatic carbocycles. The highest BCUT2D eigenvalue weighted by molar-refractivity contribution is 5.71. The van der Waals surface area contributed by atoms with Crippen molar-refractivity contribution in [3.63, 3.8) is 0 Å². The third-order valence-electron chi connectivity index (χ3n) is 3.60. The number of carbonyl (C=O) groups is 1. The van der Waals surface area contributed by atoms with Gasteiger partial charge in [-0.05, 0) is 36.8 Å². The Hall–Kier alpha value is -2.69. The quantitative estimate of drug-likeness (QED) is 0.746. The van der Waals surface area contributed by atoms with Gasteiger partial charge in [0.05, 0.1) is 33.3 Å². The van der Waals surface area contributed by atoms with Crippen molar-refractivity contribution in [3.05, 3.63) is 54.1 Å². The van der Waals surface area contributed by atoms with Crippen LogP contribution in [0.3, 0.4) is 0 Å². The number of carbonyl (C=O) groups excluding carboxylic acids is 1. The number of esters is 1. The highest BCUT2D eigenvalue weighted by atomic mass is 16.5. The van der Waals surface area contributed by atoms with Crippen molar-refractivity contribution in [1.29, 1.82) is 0 Å². The van der Waals surface area contributed by atoms with Crippen molar-refractivity contribution in [3.8, 4) is 11.5 Å². The molecule has 0 aliphatic carbocycles. The lowest BCUT2D eigenvalue weighted by molar-refractivity contribution is -0.143. The first-order valence-electron chi connectivity index (χ1n) is 7.87. The van der Waals surface area contributed by atoms with Crippen molar-refractivity contribution in [2.45, 2.75) is 19.4 Å². The van der Waals surface area contributed by atoms with Crippen LogP contribution < -0.4 is 14.8 Å². The number of nitrogens with one attached hydrogen (secondary N) is 1. The summed E-state index contributed by atoms with van der Waals surface area (Å²) in [6.45, 7) is 2.16. The molecule has 0 amide bonds. The third kappa shape index (κ3) is 4.65. The molecule has 0 aromatic heterocycles. The van der Waals surface area contributed by atoms with E-state index in [4.69, 9.17) is 14.2 Å². The minimum Gasteiger partial charge on any atom is -0.493 e. The molecule has 1 N–H and O–H groups in total. The van der Waals surface area contributed by atoms with E-state index < -0.39 is 0 Å². The van der Waals surface area contributed by atoms with Crippen LogP contribution in [-0.4, -0.2) is 26.8 Å². The fraction of sp³-hybridized carbons (Fsp3) is 0.316. The molecule has 0 fully saturated rings. The number of rotatable bonds is 8. The molecule has 1 unspecified atom stereocenters. The molecular formula is C19H23NO4. The zero-order valence-electron chi connectivity index (χ0n) is 14.2. The predicted octanol–water partition coefficient (Wildman–Crippen LogP) is 3.81. The second-order valence-corrected chi connectivity index (χ2v) is 5.19. The van der Waals surface area contributed by atoms with Crippen LogP contribution >= 0.6 is 0 Å². The SMILES string of the molecule is CCOC(=O)CC(Nc1ccccc1)c1ccc(OC)c(OC)c1. The van der Waals surface area contributed by atoms with E-state index in [1.54, 1.807) is 21.1 Å². The molecule has 1 atom stereocenters. The molecule has 0 saturated carbocycles. The summed E-state index contributed by atoms with van der Waals surface area (Å²) in [4.78, 5) is 12.0. The Bertz CT molecular complexity index is 658. The second-order valence-electron chi connectivity index (χ2n) is 5.19. The highest BCUT2D eigenvalue weighted by Gasteiger charge is 2.19. The van der Waals surface area contributed by atoms with Gasteiger partial charge in [-0.25, -0.2) is 0 Å². The van der Waals surface area contributed by atoms with Gasteiger partial charge >= 0.3 is 5.97 Å². The van der Waals surface area contributed by atoms with Gasteiger partial charge in [0.2, 0.25) is 0 Å². The molecule has 128 valence electrons. The minimum atomic E-state index is -0.249. The standard InChI is InChI=1S/C19H23NO4/c1-4-24-19(21)13-16(20-15-8-6-5-7-9-15)14-10-11-17(22-2)18(12-14)23-3/h5-12,16,20H,4,13H2,1-3H3. The maximum absolute atomic E-state index is 12.0. The summed E-state index contributed by atoms with van der Waals surface area (Å²) in [7, 11) is 3.18. The van der Waals surface area contributed by atoms with Crippen LogP contribution in [0.4, 0.5) is 5.69 Å². The molecular weight excluding hydrogens is 306 g/mol. The molecule has 0 heterocycles. The molecule has 0 saturated heterocycles. The molecule has 0 bridgehead atoms. The number of ether oxygens (including phenoxy) is 3. The van der Waals surface area contributed by atoms with E-state index in [9.17, 15) is 4.79 Å². The van der Waals surface area contributed by atoms with Gasteiger partial charge in [-0.2, -0.15) is 0 Å². The van der Waals surface area contributed by atoms with Crippen LogP contribution in [0.5, 0.6) is 11.5 Å². The van der Waals surface area contributed by atoms with E-state index in [-0.39, 0.29) is 18.4 Å². The molecule has 0 aliphatic heterocycles. The topological polar surface area (TPSA) is 56.8 Å². The molecule has 0 aliphatic rings. The van der Waals surface area contributed by atoms with Crippen molar-refractivity contribution in [2.75, 3.05) is 26.1 Å². The Balaban J connectivity index is 2.28. The monoisotopic (exact) mass is 329 g/mol. The zero-order chi connectivity index (χ0) is 17.4. The average molecular weight is 329 g/mol. The van der Waals surface area contributed by atoms with Crippen molar-refractivity contribution in [1.82, 2.24) is 0 Å². The molecule has 24 heavy (non-hydrogen) atoms. The number of anilines is 1. The van der Waals surface area contributed by atoms with E-state index >= 15 is 0 Å². The van der Waals surface area contributed by atoms with Crippen LogP contribution in [0.25, 0.3) is 0 Å². The van der Waals surface area contributed by atoms with Crippen LogP contribution in [0.1, 0.15) is 24.9 Å². The van der Waals surface area contributed by atoms with E-state index in [0.717, 1.165) is 11.3 Å². The number of methoxy groups -OCH3 is 2. The maximum Gasteiger partial charge on any atom is 0.308 e. The Labute approximate surface area is 142 Å². The molecule has 2 rings (SSSR count). The summed E-state index contributed by atoms with van der Waals surface area (Å²) in [5, 5.41) is 3.38. The number of hydrogen-bond acceptors (Lipinski definition) is 5. The number of hydrogen-bond donors (Lipinski definition) is 1. The van der Waals surface area contributed by atoms with Gasteiger partial charge in [0.1, 0.15) is 0 Å². The first-order chi connectivity index (χ1) is 11.7. The Morgan fingerprint density at radius 2 is 1.75 bits per heavy atom. The summed E-state index contributed by atoms with van der Waals surface area (Å²) in [5.74, 6) is 1.02. The summed E-state index contributed by atoms with van der Waals surface area (Å²) in [5.41, 5.74) is 1.85. The summed E-state index contributed by atoms with van der Waals surface area (Å²) in [6, 6.07) is 15.1. The van der Waals surface area contributed by atoms with Crippen LogP contribution in [0.2, 0.25) is 0 Å². The van der Waals surface area contributed by atoms with E-state index in [0.29, 0.717) is 18.1 Å². The van der Waals surface area contributed by atoms with Crippen LogP contribution in [-0.2, 0) is 9.53 Å². The van der Waals surface area contributed by atoms with E-state index in [1.165, 1.54) is 0 Å². The van der Waals surface area contributed by atoms with Gasteiger partial charge in [-0.3, -0.25) is 4.79 Å². The van der Waals surface area contributed by atoms with Gasteiger partial charge < -0.3 is 19.5 Å². The summed E-state index contributed by atoms with van der Waals surface area (Å²) >= 11 is 0. The number of para-hydroxylation sites is 1. The minimum absolute atomic E-state index is 0.220. The molecule has 5 heteroatoms. The second kappa shape index (κ2) is 8.82. The number of benzene rings is 2. The molecule has 2 aromatic rings. The van der Waals surface area contributed by atoms with Gasteiger partial charge in [0.25, 0.3) is 0 Å². The Kier molecular flexibility index (Phi) is 6.49. The van der Waals surface area contributed by atoms with E-state index in [1.807, 2.05) is 48.5 Å². The van der Waals surface area contributed by atoms with Crippen molar-refractivity contribution >= 4 is 11.7 Å². The lowest BCUT2D eigenvalue weighted by atomic mass is 10.0. The van der Waals surface area contributed by atoms with Crippen LogP contribution in [0, 0.1) is 0 Å². The first kappa shape index (κ1) is 17.7. The van der Waals surface area contributed by atoms with Gasteiger partial charge in [0, 0.05) is 5.69 Å². The maximum atomic E-state index is 12.0. The average Bonchev–Trinajstić information content (AvgIpc) is 2.61. The van der Waals surface area contributed by atoms with Crippen LogP contribution in [0.15, 0.2) is 48.5 Å². The Morgan fingerprint density at radius 3 is 2.38 bits per heavy atom. The first-order valence-corrected chi connectivity index (χ1v) is 7.87. The highest BCUT2D eigenvalue weighted by Crippen LogP contribution is 2.32.